The van der Waals surface area contributed by atoms with Crippen LogP contribution in [0.15, 0.2) is 18.2 Å². The highest BCUT2D eigenvalue weighted by molar-refractivity contribution is 5.57. The molecule has 3 heteroatoms. The maximum Gasteiger partial charge on any atom is 0.142 e. The van der Waals surface area contributed by atoms with E-state index in [2.05, 4.69) is 37.4 Å². The Kier molecular flexibility index (Phi) is 7.26. The van der Waals surface area contributed by atoms with Crippen molar-refractivity contribution in [2.75, 3.05) is 32.2 Å². The van der Waals surface area contributed by atoms with Gasteiger partial charge in [0.05, 0.1) is 12.3 Å². The van der Waals surface area contributed by atoms with Crippen LogP contribution in [0.3, 0.4) is 0 Å². The molecule has 0 aliphatic carbocycles. The lowest BCUT2D eigenvalue weighted by molar-refractivity contribution is 0.146. The fourth-order valence-electron chi connectivity index (χ4n) is 1.73. The molecule has 1 rings (SSSR count). The molecule has 0 saturated heterocycles. The molecule has 3 nitrogen and oxygen atoms in total. The van der Waals surface area contributed by atoms with Crippen molar-refractivity contribution in [3.05, 3.63) is 23.8 Å². The van der Waals surface area contributed by atoms with Gasteiger partial charge in [-0.2, -0.15) is 0 Å². The molecule has 0 radical (unpaired) electrons. The van der Waals surface area contributed by atoms with E-state index in [0.717, 1.165) is 18.0 Å². The number of unbranched alkanes of at least 4 members (excludes halogenated alkanes) is 2. The second kappa shape index (κ2) is 8.81. The zero-order valence-corrected chi connectivity index (χ0v) is 11.8. The minimum atomic E-state index is 0.587. The maximum atomic E-state index is 5.73. The first-order valence-corrected chi connectivity index (χ1v) is 6.74. The van der Waals surface area contributed by atoms with Crippen molar-refractivity contribution in [1.29, 1.82) is 0 Å². The minimum absolute atomic E-state index is 0.587. The number of rotatable bonds is 9. The minimum Gasteiger partial charge on any atom is -0.489 e. The van der Waals surface area contributed by atoms with Crippen molar-refractivity contribution >= 4 is 5.69 Å². The molecule has 0 heterocycles. The number of hydrogen-bond acceptors (Lipinski definition) is 3. The summed E-state index contributed by atoms with van der Waals surface area (Å²) in [6, 6.07) is 6.26. The van der Waals surface area contributed by atoms with Crippen molar-refractivity contribution in [1.82, 2.24) is 0 Å². The zero-order valence-electron chi connectivity index (χ0n) is 11.8. The first-order valence-electron chi connectivity index (χ1n) is 6.74. The number of nitrogens with one attached hydrogen (secondary N) is 1. The maximum absolute atomic E-state index is 5.73. The molecule has 0 aromatic heterocycles. The molecule has 1 aromatic rings. The lowest BCUT2D eigenvalue weighted by Crippen LogP contribution is -2.08. The van der Waals surface area contributed by atoms with Gasteiger partial charge < -0.3 is 14.8 Å². The van der Waals surface area contributed by atoms with E-state index in [9.17, 15) is 0 Å². The van der Waals surface area contributed by atoms with Crippen LogP contribution in [0.5, 0.6) is 5.75 Å². The van der Waals surface area contributed by atoms with Crippen molar-refractivity contribution in [3.63, 3.8) is 0 Å². The molecule has 0 aliphatic heterocycles. The number of methoxy groups -OCH3 is 1. The van der Waals surface area contributed by atoms with E-state index in [0.29, 0.717) is 13.2 Å². The van der Waals surface area contributed by atoms with Crippen molar-refractivity contribution in [2.24, 2.45) is 0 Å². The molecule has 0 atom stereocenters. The average molecular weight is 251 g/mol. The summed E-state index contributed by atoms with van der Waals surface area (Å²) in [5, 5.41) is 3.44. The van der Waals surface area contributed by atoms with E-state index in [1.54, 1.807) is 7.11 Å². The predicted molar refractivity (Wildman–Crippen MR) is 76.6 cm³/mol. The monoisotopic (exact) mass is 251 g/mol. The van der Waals surface area contributed by atoms with Gasteiger partial charge in [-0.1, -0.05) is 25.8 Å². The van der Waals surface area contributed by atoms with Gasteiger partial charge in [-0.3, -0.25) is 0 Å². The first kappa shape index (κ1) is 14.8. The van der Waals surface area contributed by atoms with Crippen LogP contribution in [0.4, 0.5) is 5.69 Å². The highest BCUT2D eigenvalue weighted by Crippen LogP contribution is 2.25. The molecular weight excluding hydrogens is 226 g/mol. The Morgan fingerprint density at radius 1 is 1.17 bits per heavy atom. The van der Waals surface area contributed by atoms with Gasteiger partial charge in [-0.25, -0.2) is 0 Å². The summed E-state index contributed by atoms with van der Waals surface area (Å²) in [5.74, 6) is 0.920. The van der Waals surface area contributed by atoms with Gasteiger partial charge in [-0.15, -0.1) is 0 Å². The van der Waals surface area contributed by atoms with Crippen molar-refractivity contribution in [2.45, 2.75) is 33.1 Å². The van der Waals surface area contributed by atoms with Crippen LogP contribution < -0.4 is 10.1 Å². The third-order valence-electron chi connectivity index (χ3n) is 2.78. The number of benzene rings is 1. The lowest BCUT2D eigenvalue weighted by Gasteiger charge is -2.13. The Morgan fingerprint density at radius 3 is 2.72 bits per heavy atom. The van der Waals surface area contributed by atoms with Crippen molar-refractivity contribution < 1.29 is 9.47 Å². The Morgan fingerprint density at radius 2 is 2.00 bits per heavy atom. The largest absolute Gasteiger partial charge is 0.489 e. The highest BCUT2D eigenvalue weighted by atomic mass is 16.5. The number of anilines is 1. The third-order valence-corrected chi connectivity index (χ3v) is 2.78. The smallest absolute Gasteiger partial charge is 0.142 e. The topological polar surface area (TPSA) is 30.5 Å². The van der Waals surface area contributed by atoms with Crippen LogP contribution in [0.25, 0.3) is 0 Å². The molecule has 1 aromatic carbocycles. The summed E-state index contributed by atoms with van der Waals surface area (Å²) in [6.45, 7) is 6.49. The highest BCUT2D eigenvalue weighted by Gasteiger charge is 2.03. The molecule has 0 saturated carbocycles. The second-order valence-electron chi connectivity index (χ2n) is 4.47. The fourth-order valence-corrected chi connectivity index (χ4v) is 1.73. The van der Waals surface area contributed by atoms with Gasteiger partial charge in [0.1, 0.15) is 12.4 Å². The summed E-state index contributed by atoms with van der Waals surface area (Å²) < 4.78 is 10.7. The quantitative estimate of drug-likeness (QED) is 0.680. The van der Waals surface area contributed by atoms with E-state index in [-0.39, 0.29) is 0 Å². The molecular formula is C15H25NO2. The summed E-state index contributed by atoms with van der Waals surface area (Å²) in [5.41, 5.74) is 2.29. The van der Waals surface area contributed by atoms with E-state index < -0.39 is 0 Å². The molecule has 0 fully saturated rings. The van der Waals surface area contributed by atoms with E-state index >= 15 is 0 Å². The van der Waals surface area contributed by atoms with Gasteiger partial charge >= 0.3 is 0 Å². The summed E-state index contributed by atoms with van der Waals surface area (Å²) >= 11 is 0. The van der Waals surface area contributed by atoms with Crippen LogP contribution in [0.2, 0.25) is 0 Å². The van der Waals surface area contributed by atoms with Gasteiger partial charge in [0.25, 0.3) is 0 Å². The molecule has 1 N–H and O–H groups in total. The van der Waals surface area contributed by atoms with Gasteiger partial charge in [0.2, 0.25) is 0 Å². The average Bonchev–Trinajstić information content (AvgIpc) is 2.37. The normalized spacial score (nSPS) is 10.4. The molecule has 18 heavy (non-hydrogen) atoms. The Labute approximate surface area is 110 Å². The molecule has 102 valence electrons. The van der Waals surface area contributed by atoms with Crippen molar-refractivity contribution in [3.8, 4) is 5.75 Å². The third kappa shape index (κ3) is 5.41. The van der Waals surface area contributed by atoms with Crippen LogP contribution in [0, 0.1) is 6.92 Å². The fraction of sp³-hybridized carbons (Fsp3) is 0.600. The predicted octanol–water partition coefficient (Wildman–Crippen LogP) is 3.62. The summed E-state index contributed by atoms with van der Waals surface area (Å²) in [7, 11) is 1.68. The molecule has 0 bridgehead atoms. The lowest BCUT2D eigenvalue weighted by atomic mass is 10.2. The SMILES string of the molecule is CCCCCNc1ccc(C)cc1OCCOC. The molecule has 0 unspecified atom stereocenters. The Balaban J connectivity index is 2.52. The standard InChI is InChI=1S/C15H25NO2/c1-4-5-6-9-16-14-8-7-13(2)12-15(14)18-11-10-17-3/h7-8,12,16H,4-6,9-11H2,1-3H3. The zero-order chi connectivity index (χ0) is 13.2. The Bertz CT molecular complexity index is 339. The molecule has 0 amide bonds. The Hall–Kier alpha value is -1.22. The number of hydrogen-bond donors (Lipinski definition) is 1. The summed E-state index contributed by atoms with van der Waals surface area (Å²) in [4.78, 5) is 0. The van der Waals surface area contributed by atoms with Gasteiger partial charge in [0, 0.05) is 13.7 Å². The molecule has 0 spiro atoms. The van der Waals surface area contributed by atoms with E-state index in [4.69, 9.17) is 9.47 Å². The van der Waals surface area contributed by atoms with Crippen LogP contribution in [0.1, 0.15) is 31.7 Å². The van der Waals surface area contributed by atoms with Gasteiger partial charge in [0.15, 0.2) is 0 Å². The van der Waals surface area contributed by atoms with E-state index in [1.165, 1.54) is 24.8 Å². The number of aryl methyl sites for hydroxylation is 1. The second-order valence-corrected chi connectivity index (χ2v) is 4.47. The van der Waals surface area contributed by atoms with Gasteiger partial charge in [-0.05, 0) is 31.0 Å². The first-order chi connectivity index (χ1) is 8.77. The molecule has 0 aliphatic rings. The van der Waals surface area contributed by atoms with Crippen LogP contribution in [-0.4, -0.2) is 26.9 Å². The number of ether oxygens (including phenoxy) is 2. The van der Waals surface area contributed by atoms with E-state index in [1.807, 2.05) is 0 Å². The van der Waals surface area contributed by atoms with Crippen LogP contribution >= 0.6 is 0 Å². The van der Waals surface area contributed by atoms with Crippen LogP contribution in [-0.2, 0) is 4.74 Å². The summed E-state index contributed by atoms with van der Waals surface area (Å²) in [6.07, 6.45) is 3.70.